The quantitative estimate of drug-likeness (QED) is 0.745. The topological polar surface area (TPSA) is 126 Å². The number of aryl methyl sites for hydroxylation is 1. The van der Waals surface area contributed by atoms with E-state index in [2.05, 4.69) is 9.97 Å². The minimum atomic E-state index is -3.93. The third-order valence-corrected chi connectivity index (χ3v) is 4.05. The van der Waals surface area contributed by atoms with Gasteiger partial charge in [-0.25, -0.2) is 18.4 Å². The summed E-state index contributed by atoms with van der Waals surface area (Å²) in [5.41, 5.74) is -0.589. The SMILES string of the molecule is CCCCc1c(S(N)(=O)=O)ccc2[nH]c(=O)[nH]c(=O)c12. The highest BCUT2D eigenvalue weighted by Gasteiger charge is 2.18. The average Bonchev–Trinajstić information content (AvgIpc) is 2.33. The zero-order valence-corrected chi connectivity index (χ0v) is 11.7. The van der Waals surface area contributed by atoms with Crippen LogP contribution in [-0.2, 0) is 16.4 Å². The Kier molecular flexibility index (Phi) is 3.78. The summed E-state index contributed by atoms with van der Waals surface area (Å²) in [7, 11) is -3.93. The predicted molar refractivity (Wildman–Crippen MR) is 75.2 cm³/mol. The normalized spacial score (nSPS) is 11.9. The van der Waals surface area contributed by atoms with Crippen LogP contribution in [0.2, 0.25) is 0 Å². The summed E-state index contributed by atoms with van der Waals surface area (Å²) in [6.45, 7) is 1.95. The van der Waals surface area contributed by atoms with Crippen molar-refractivity contribution in [3.05, 3.63) is 38.5 Å². The van der Waals surface area contributed by atoms with Gasteiger partial charge in [-0.1, -0.05) is 13.3 Å². The molecule has 0 radical (unpaired) electrons. The number of hydrogen-bond donors (Lipinski definition) is 3. The lowest BCUT2D eigenvalue weighted by atomic mass is 10.0. The number of nitrogens with two attached hydrogens (primary N) is 1. The Hall–Kier alpha value is -1.93. The molecule has 1 aromatic heterocycles. The van der Waals surface area contributed by atoms with Gasteiger partial charge < -0.3 is 4.98 Å². The molecule has 0 saturated carbocycles. The molecule has 8 heteroatoms. The van der Waals surface area contributed by atoms with Gasteiger partial charge in [0.25, 0.3) is 5.56 Å². The lowest BCUT2D eigenvalue weighted by molar-refractivity contribution is 0.596. The molecule has 0 atom stereocenters. The van der Waals surface area contributed by atoms with Gasteiger partial charge in [0.1, 0.15) is 0 Å². The van der Waals surface area contributed by atoms with E-state index in [-0.39, 0.29) is 10.3 Å². The van der Waals surface area contributed by atoms with Gasteiger partial charge in [-0.05, 0) is 30.5 Å². The van der Waals surface area contributed by atoms with Gasteiger partial charge in [0.15, 0.2) is 0 Å². The van der Waals surface area contributed by atoms with Crippen LogP contribution in [0.1, 0.15) is 25.3 Å². The Morgan fingerprint density at radius 2 is 1.90 bits per heavy atom. The van der Waals surface area contributed by atoms with Crippen molar-refractivity contribution in [3.63, 3.8) is 0 Å². The van der Waals surface area contributed by atoms with Crippen LogP contribution < -0.4 is 16.4 Å². The van der Waals surface area contributed by atoms with Crippen LogP contribution in [0.15, 0.2) is 26.6 Å². The van der Waals surface area contributed by atoms with Crippen molar-refractivity contribution in [1.82, 2.24) is 9.97 Å². The number of primary sulfonamides is 1. The van der Waals surface area contributed by atoms with Gasteiger partial charge in [-0.2, -0.15) is 0 Å². The Bertz CT molecular complexity index is 864. The number of unbranched alkanes of at least 4 members (excludes halogenated alkanes) is 1. The lowest BCUT2D eigenvalue weighted by Gasteiger charge is -2.10. The molecule has 0 bridgehead atoms. The van der Waals surface area contributed by atoms with E-state index in [1.165, 1.54) is 12.1 Å². The molecule has 4 N–H and O–H groups in total. The molecule has 1 aromatic carbocycles. The van der Waals surface area contributed by atoms with Gasteiger partial charge in [0.2, 0.25) is 10.0 Å². The first-order valence-corrected chi connectivity index (χ1v) is 7.70. The summed E-state index contributed by atoms with van der Waals surface area (Å²) in [6.07, 6.45) is 1.94. The molecule has 0 spiro atoms. The standard InChI is InChI=1S/C12H15N3O4S/c1-2-3-4-7-9(20(13,18)19)6-5-8-10(7)11(16)15-12(17)14-8/h5-6H,2-4H2,1H3,(H2,13,18,19)(H2,14,15,16,17). The second-order valence-electron chi connectivity index (χ2n) is 4.52. The molecule has 0 amide bonds. The molecule has 0 saturated heterocycles. The van der Waals surface area contributed by atoms with Gasteiger partial charge >= 0.3 is 5.69 Å². The van der Waals surface area contributed by atoms with E-state index in [4.69, 9.17) is 5.14 Å². The van der Waals surface area contributed by atoms with Crippen molar-refractivity contribution in [2.45, 2.75) is 31.1 Å². The maximum atomic E-state index is 12.0. The Morgan fingerprint density at radius 1 is 1.20 bits per heavy atom. The predicted octanol–water partition coefficient (Wildman–Crippen LogP) is 0.206. The molecule has 7 nitrogen and oxygen atoms in total. The largest absolute Gasteiger partial charge is 0.326 e. The maximum absolute atomic E-state index is 12.0. The Morgan fingerprint density at radius 3 is 2.50 bits per heavy atom. The molecule has 20 heavy (non-hydrogen) atoms. The summed E-state index contributed by atoms with van der Waals surface area (Å²) >= 11 is 0. The van der Waals surface area contributed by atoms with Crippen LogP contribution in [0, 0.1) is 0 Å². The molecule has 2 rings (SSSR count). The summed E-state index contributed by atoms with van der Waals surface area (Å²) in [4.78, 5) is 27.7. The highest BCUT2D eigenvalue weighted by Crippen LogP contribution is 2.22. The second kappa shape index (κ2) is 5.22. The summed E-state index contributed by atoms with van der Waals surface area (Å²) in [5, 5.41) is 5.36. The van der Waals surface area contributed by atoms with Crippen LogP contribution >= 0.6 is 0 Å². The van der Waals surface area contributed by atoms with E-state index in [9.17, 15) is 18.0 Å². The van der Waals surface area contributed by atoms with E-state index in [1.807, 2.05) is 6.92 Å². The number of sulfonamides is 1. The average molecular weight is 297 g/mol. The molecule has 0 fully saturated rings. The van der Waals surface area contributed by atoms with E-state index in [0.29, 0.717) is 23.9 Å². The molecule has 2 aromatic rings. The highest BCUT2D eigenvalue weighted by atomic mass is 32.2. The molecule has 108 valence electrons. The monoisotopic (exact) mass is 297 g/mol. The third kappa shape index (κ3) is 2.66. The summed E-state index contributed by atoms with van der Waals surface area (Å²) in [6, 6.07) is 2.69. The smallest absolute Gasteiger partial charge is 0.307 e. The molecular weight excluding hydrogens is 282 g/mol. The first kappa shape index (κ1) is 14.5. The van der Waals surface area contributed by atoms with E-state index in [1.54, 1.807) is 0 Å². The number of hydrogen-bond acceptors (Lipinski definition) is 4. The number of aromatic amines is 2. The molecule has 0 unspecified atom stereocenters. The number of aromatic nitrogens is 2. The van der Waals surface area contributed by atoms with Crippen molar-refractivity contribution < 1.29 is 8.42 Å². The van der Waals surface area contributed by atoms with Crippen molar-refractivity contribution in [2.75, 3.05) is 0 Å². The third-order valence-electron chi connectivity index (χ3n) is 3.06. The summed E-state index contributed by atoms with van der Waals surface area (Å²) in [5.74, 6) is 0. The number of nitrogens with one attached hydrogen (secondary N) is 2. The van der Waals surface area contributed by atoms with E-state index < -0.39 is 21.3 Å². The van der Waals surface area contributed by atoms with Crippen molar-refractivity contribution in [1.29, 1.82) is 0 Å². The molecule has 0 aliphatic carbocycles. The fourth-order valence-electron chi connectivity index (χ4n) is 2.18. The number of benzene rings is 1. The van der Waals surface area contributed by atoms with Gasteiger partial charge in [-0.15, -0.1) is 0 Å². The second-order valence-corrected chi connectivity index (χ2v) is 6.05. The number of H-pyrrole nitrogens is 2. The van der Waals surface area contributed by atoms with Crippen molar-refractivity contribution >= 4 is 20.9 Å². The Balaban J connectivity index is 2.90. The highest BCUT2D eigenvalue weighted by molar-refractivity contribution is 7.89. The molecular formula is C12H15N3O4S. The zero-order valence-electron chi connectivity index (χ0n) is 10.9. The maximum Gasteiger partial charge on any atom is 0.326 e. The summed E-state index contributed by atoms with van der Waals surface area (Å²) < 4.78 is 23.3. The van der Waals surface area contributed by atoms with Crippen molar-refractivity contribution in [3.8, 4) is 0 Å². The molecule has 0 aliphatic heterocycles. The van der Waals surface area contributed by atoms with Crippen LogP contribution in [0.5, 0.6) is 0 Å². The van der Waals surface area contributed by atoms with Crippen LogP contribution in [0.4, 0.5) is 0 Å². The first-order valence-electron chi connectivity index (χ1n) is 6.15. The minimum Gasteiger partial charge on any atom is -0.307 e. The zero-order chi connectivity index (χ0) is 14.9. The van der Waals surface area contributed by atoms with Crippen molar-refractivity contribution in [2.24, 2.45) is 5.14 Å². The van der Waals surface area contributed by atoms with Crippen LogP contribution in [0.25, 0.3) is 10.9 Å². The fraction of sp³-hybridized carbons (Fsp3) is 0.333. The number of rotatable bonds is 4. The first-order chi connectivity index (χ1) is 9.34. The van der Waals surface area contributed by atoms with Gasteiger partial charge in [0, 0.05) is 0 Å². The number of fused-ring (bicyclic) bond motifs is 1. The molecule has 1 heterocycles. The van der Waals surface area contributed by atoms with E-state index in [0.717, 1.165) is 6.42 Å². The fourth-order valence-corrected chi connectivity index (χ4v) is 2.99. The van der Waals surface area contributed by atoms with E-state index >= 15 is 0 Å². The molecule has 0 aliphatic rings. The van der Waals surface area contributed by atoms with Crippen LogP contribution in [-0.4, -0.2) is 18.4 Å². The lowest BCUT2D eigenvalue weighted by Crippen LogP contribution is -2.24. The Labute approximate surface area is 114 Å². The minimum absolute atomic E-state index is 0.0731. The van der Waals surface area contributed by atoms with Gasteiger partial charge in [0.05, 0.1) is 15.8 Å². The van der Waals surface area contributed by atoms with Gasteiger partial charge in [-0.3, -0.25) is 9.78 Å². The van der Waals surface area contributed by atoms with Crippen LogP contribution in [0.3, 0.4) is 0 Å².